The van der Waals surface area contributed by atoms with E-state index in [2.05, 4.69) is 10.3 Å². The highest BCUT2D eigenvalue weighted by atomic mass is 35.5. The first-order valence-corrected chi connectivity index (χ1v) is 6.08. The molecule has 1 amide bonds. The highest BCUT2D eigenvalue weighted by Crippen LogP contribution is 2.30. The Bertz CT molecular complexity index is 581. The van der Waals surface area contributed by atoms with Crippen LogP contribution in [0.3, 0.4) is 0 Å². The summed E-state index contributed by atoms with van der Waals surface area (Å²) in [4.78, 5) is 15.8. The Balaban J connectivity index is 2.30. The van der Waals surface area contributed by atoms with Crippen molar-refractivity contribution in [1.29, 1.82) is 0 Å². The number of carbonyl (C=O) groups excluding carboxylic acids is 1. The molecule has 2 rings (SSSR count). The van der Waals surface area contributed by atoms with Crippen LogP contribution in [0.5, 0.6) is 0 Å². The Labute approximate surface area is 119 Å². The van der Waals surface area contributed by atoms with Gasteiger partial charge in [-0.15, -0.1) is 0 Å². The molecule has 92 valence electrons. The predicted octanol–water partition coefficient (Wildman–Crippen LogP) is 4.29. The van der Waals surface area contributed by atoms with Gasteiger partial charge in [-0.3, -0.25) is 9.78 Å². The molecule has 0 saturated carbocycles. The van der Waals surface area contributed by atoms with E-state index in [1.165, 1.54) is 18.5 Å². The average Bonchev–Trinajstić information content (AvgIpc) is 2.34. The minimum atomic E-state index is -0.391. The van der Waals surface area contributed by atoms with Crippen LogP contribution in [-0.2, 0) is 0 Å². The zero-order chi connectivity index (χ0) is 13.1. The van der Waals surface area contributed by atoms with Crippen LogP contribution in [0.2, 0.25) is 15.1 Å². The molecule has 0 radical (unpaired) electrons. The first kappa shape index (κ1) is 13.1. The summed E-state index contributed by atoms with van der Waals surface area (Å²) in [5.41, 5.74) is 0.668. The fourth-order valence-electron chi connectivity index (χ4n) is 1.36. The minimum absolute atomic E-state index is 0.262. The standard InChI is InChI=1S/C12H7Cl3N2O/c13-8-2-1-3-9(14)11(8)17-12(18)7-4-5-16-6-10(7)15/h1-6H,(H,17,18). The average molecular weight is 302 g/mol. The lowest BCUT2D eigenvalue weighted by Crippen LogP contribution is -2.13. The number of pyridine rings is 1. The lowest BCUT2D eigenvalue weighted by atomic mass is 10.2. The van der Waals surface area contributed by atoms with Crippen LogP contribution in [0.15, 0.2) is 36.7 Å². The van der Waals surface area contributed by atoms with Gasteiger partial charge in [0.15, 0.2) is 0 Å². The molecule has 1 aromatic carbocycles. The van der Waals surface area contributed by atoms with E-state index in [-0.39, 0.29) is 5.02 Å². The van der Waals surface area contributed by atoms with Gasteiger partial charge in [-0.25, -0.2) is 0 Å². The van der Waals surface area contributed by atoms with E-state index < -0.39 is 5.91 Å². The van der Waals surface area contributed by atoms with E-state index in [0.29, 0.717) is 21.3 Å². The summed E-state index contributed by atoms with van der Waals surface area (Å²) in [7, 11) is 0. The summed E-state index contributed by atoms with van der Waals surface area (Å²) in [5.74, 6) is -0.391. The molecule has 0 aliphatic rings. The number of hydrogen-bond donors (Lipinski definition) is 1. The molecule has 0 unspecified atom stereocenters. The molecule has 0 aliphatic heterocycles. The number of nitrogens with one attached hydrogen (secondary N) is 1. The second kappa shape index (κ2) is 5.57. The molecule has 0 spiro atoms. The molecule has 0 saturated heterocycles. The smallest absolute Gasteiger partial charge is 0.257 e. The molecule has 1 N–H and O–H groups in total. The Kier molecular flexibility index (Phi) is 4.07. The monoisotopic (exact) mass is 300 g/mol. The summed E-state index contributed by atoms with van der Waals surface area (Å²) in [6.07, 6.45) is 2.87. The van der Waals surface area contributed by atoms with Crippen molar-refractivity contribution in [3.63, 3.8) is 0 Å². The van der Waals surface area contributed by atoms with Crippen LogP contribution in [0.4, 0.5) is 5.69 Å². The summed E-state index contributed by atoms with van der Waals surface area (Å²) in [6, 6.07) is 6.48. The van der Waals surface area contributed by atoms with Gasteiger partial charge in [0.2, 0.25) is 0 Å². The molecule has 3 nitrogen and oxygen atoms in total. The largest absolute Gasteiger partial charge is 0.319 e. The predicted molar refractivity (Wildman–Crippen MR) is 73.7 cm³/mol. The molecule has 6 heteroatoms. The Morgan fingerprint density at radius 2 is 1.72 bits per heavy atom. The topological polar surface area (TPSA) is 42.0 Å². The van der Waals surface area contributed by atoms with Crippen molar-refractivity contribution in [2.24, 2.45) is 0 Å². The van der Waals surface area contributed by atoms with Gasteiger partial charge >= 0.3 is 0 Å². The molecule has 0 fully saturated rings. The SMILES string of the molecule is O=C(Nc1c(Cl)cccc1Cl)c1ccncc1Cl. The second-order valence-corrected chi connectivity index (χ2v) is 4.63. The quantitative estimate of drug-likeness (QED) is 0.899. The number of halogens is 3. The lowest BCUT2D eigenvalue weighted by molar-refractivity contribution is 0.102. The van der Waals surface area contributed by atoms with Gasteiger partial charge in [-0.1, -0.05) is 40.9 Å². The third-order valence-electron chi connectivity index (χ3n) is 2.22. The highest BCUT2D eigenvalue weighted by molar-refractivity contribution is 6.40. The zero-order valence-corrected chi connectivity index (χ0v) is 11.2. The van der Waals surface area contributed by atoms with Gasteiger partial charge in [0.25, 0.3) is 5.91 Å². The Morgan fingerprint density at radius 3 is 2.33 bits per heavy atom. The fraction of sp³-hybridized carbons (Fsp3) is 0. The molecular weight excluding hydrogens is 295 g/mol. The Morgan fingerprint density at radius 1 is 1.06 bits per heavy atom. The van der Waals surface area contributed by atoms with E-state index >= 15 is 0 Å². The van der Waals surface area contributed by atoms with E-state index in [4.69, 9.17) is 34.8 Å². The van der Waals surface area contributed by atoms with Gasteiger partial charge < -0.3 is 5.32 Å². The molecule has 1 aromatic heterocycles. The first-order chi connectivity index (χ1) is 8.59. The van der Waals surface area contributed by atoms with Crippen LogP contribution in [0, 0.1) is 0 Å². The van der Waals surface area contributed by atoms with Crippen LogP contribution in [-0.4, -0.2) is 10.9 Å². The van der Waals surface area contributed by atoms with Crippen molar-refractivity contribution in [3.05, 3.63) is 57.3 Å². The molecular formula is C12H7Cl3N2O. The van der Waals surface area contributed by atoms with Crippen molar-refractivity contribution in [1.82, 2.24) is 4.98 Å². The molecule has 0 aliphatic carbocycles. The summed E-state index contributed by atoms with van der Waals surface area (Å²) in [6.45, 7) is 0. The Hall–Kier alpha value is -1.29. The first-order valence-electron chi connectivity index (χ1n) is 4.94. The molecule has 1 heterocycles. The van der Waals surface area contributed by atoms with E-state index in [9.17, 15) is 4.79 Å². The zero-order valence-electron chi connectivity index (χ0n) is 8.95. The summed E-state index contributed by atoms with van der Waals surface area (Å²) < 4.78 is 0. The van der Waals surface area contributed by atoms with E-state index in [1.807, 2.05) is 0 Å². The van der Waals surface area contributed by atoms with Gasteiger partial charge in [0, 0.05) is 12.4 Å². The number of carbonyl (C=O) groups is 1. The minimum Gasteiger partial charge on any atom is -0.319 e. The molecule has 18 heavy (non-hydrogen) atoms. The van der Waals surface area contributed by atoms with Gasteiger partial charge in [0.05, 0.1) is 26.3 Å². The number of rotatable bonds is 2. The normalized spacial score (nSPS) is 10.2. The number of benzene rings is 1. The van der Waals surface area contributed by atoms with E-state index in [0.717, 1.165) is 0 Å². The number of anilines is 1. The van der Waals surface area contributed by atoms with Crippen molar-refractivity contribution in [2.75, 3.05) is 5.32 Å². The molecule has 0 atom stereocenters. The fourth-order valence-corrected chi connectivity index (χ4v) is 2.05. The van der Waals surface area contributed by atoms with Crippen molar-refractivity contribution in [2.45, 2.75) is 0 Å². The highest BCUT2D eigenvalue weighted by Gasteiger charge is 2.13. The number of aromatic nitrogens is 1. The number of hydrogen-bond acceptors (Lipinski definition) is 2. The van der Waals surface area contributed by atoms with Crippen LogP contribution >= 0.6 is 34.8 Å². The maximum atomic E-state index is 12.0. The summed E-state index contributed by atoms with van der Waals surface area (Å²) >= 11 is 17.8. The molecule has 0 bridgehead atoms. The third kappa shape index (κ3) is 2.75. The van der Waals surface area contributed by atoms with Crippen LogP contribution < -0.4 is 5.32 Å². The van der Waals surface area contributed by atoms with E-state index in [1.54, 1.807) is 18.2 Å². The van der Waals surface area contributed by atoms with Crippen LogP contribution in [0.25, 0.3) is 0 Å². The van der Waals surface area contributed by atoms with Crippen molar-refractivity contribution < 1.29 is 4.79 Å². The number of para-hydroxylation sites is 1. The van der Waals surface area contributed by atoms with Gasteiger partial charge in [-0.2, -0.15) is 0 Å². The van der Waals surface area contributed by atoms with Crippen molar-refractivity contribution in [3.8, 4) is 0 Å². The third-order valence-corrected chi connectivity index (χ3v) is 3.15. The summed E-state index contributed by atoms with van der Waals surface area (Å²) in [5, 5.41) is 3.61. The van der Waals surface area contributed by atoms with Gasteiger partial charge in [-0.05, 0) is 18.2 Å². The second-order valence-electron chi connectivity index (χ2n) is 3.41. The van der Waals surface area contributed by atoms with Crippen molar-refractivity contribution >= 4 is 46.4 Å². The maximum absolute atomic E-state index is 12.0. The lowest BCUT2D eigenvalue weighted by Gasteiger charge is -2.09. The molecule has 2 aromatic rings. The number of amides is 1. The maximum Gasteiger partial charge on any atom is 0.257 e. The number of nitrogens with zero attached hydrogens (tertiary/aromatic N) is 1. The van der Waals surface area contributed by atoms with Crippen LogP contribution in [0.1, 0.15) is 10.4 Å². The van der Waals surface area contributed by atoms with Gasteiger partial charge in [0.1, 0.15) is 0 Å².